The number of nitrogens with one attached hydrogen (secondary N) is 1. The molecule has 0 unspecified atom stereocenters. The predicted molar refractivity (Wildman–Crippen MR) is 125 cm³/mol. The van der Waals surface area contributed by atoms with Crippen LogP contribution in [0.25, 0.3) is 6.08 Å². The first-order valence-electron chi connectivity index (χ1n) is 10.1. The highest BCUT2D eigenvalue weighted by Gasteiger charge is 2.36. The number of urea groups is 1. The van der Waals surface area contributed by atoms with E-state index in [1.54, 1.807) is 18.2 Å². The summed E-state index contributed by atoms with van der Waals surface area (Å²) < 4.78 is 18.9. The summed E-state index contributed by atoms with van der Waals surface area (Å²) in [6, 6.07) is 14.6. The Balaban J connectivity index is 1.56. The molecule has 8 nitrogen and oxygen atoms in total. The molecule has 10 heteroatoms. The predicted octanol–water partition coefficient (Wildman–Crippen LogP) is 4.42. The largest absolute Gasteiger partial charge is 0.487 e. The van der Waals surface area contributed by atoms with E-state index < -0.39 is 23.8 Å². The number of rotatable bonds is 6. The highest BCUT2D eigenvalue weighted by atomic mass is 35.5. The Kier molecular flexibility index (Phi) is 6.61. The van der Waals surface area contributed by atoms with E-state index in [4.69, 9.17) is 21.4 Å². The molecule has 1 fully saturated rings. The van der Waals surface area contributed by atoms with E-state index in [1.165, 1.54) is 54.6 Å². The molecule has 0 aromatic heterocycles. The molecule has 0 saturated carbocycles. The molecule has 1 heterocycles. The van der Waals surface area contributed by atoms with Crippen LogP contribution in [0.4, 0.5) is 14.9 Å². The van der Waals surface area contributed by atoms with Crippen LogP contribution in [0.1, 0.15) is 21.5 Å². The molecule has 4 rings (SSSR count). The summed E-state index contributed by atoms with van der Waals surface area (Å²) in [5, 5.41) is 11.3. The fourth-order valence-electron chi connectivity index (χ4n) is 3.32. The maximum atomic E-state index is 13.3. The number of ether oxygens (including phenoxy) is 1. The zero-order valence-electron chi connectivity index (χ0n) is 17.8. The molecule has 0 spiro atoms. The second kappa shape index (κ2) is 9.78. The Labute approximate surface area is 203 Å². The smallest absolute Gasteiger partial charge is 0.335 e. The number of carboxylic acids is 1. The number of hydrogen-bond donors (Lipinski definition) is 2. The Bertz CT molecular complexity index is 1390. The lowest BCUT2D eigenvalue weighted by Gasteiger charge is -2.26. The molecule has 3 aromatic rings. The second-order valence-electron chi connectivity index (χ2n) is 7.42. The van der Waals surface area contributed by atoms with E-state index in [0.29, 0.717) is 16.9 Å². The molecule has 0 atom stereocenters. The zero-order chi connectivity index (χ0) is 25.1. The van der Waals surface area contributed by atoms with Crippen LogP contribution in [0.15, 0.2) is 72.3 Å². The minimum atomic E-state index is -1.16. The fraction of sp³-hybridized carbons (Fsp3) is 0.0400. The van der Waals surface area contributed by atoms with Crippen LogP contribution in [0.5, 0.6) is 5.75 Å². The summed E-state index contributed by atoms with van der Waals surface area (Å²) in [4.78, 5) is 49.4. The van der Waals surface area contributed by atoms with E-state index in [0.717, 1.165) is 4.90 Å². The topological polar surface area (TPSA) is 113 Å². The molecule has 1 aliphatic rings. The molecule has 4 amide bonds. The van der Waals surface area contributed by atoms with Gasteiger partial charge in [0.1, 0.15) is 23.7 Å². The fourth-order valence-corrected chi connectivity index (χ4v) is 3.57. The van der Waals surface area contributed by atoms with Gasteiger partial charge in [-0.05, 0) is 65.7 Å². The van der Waals surface area contributed by atoms with Crippen molar-refractivity contribution in [1.29, 1.82) is 0 Å². The average molecular weight is 495 g/mol. The van der Waals surface area contributed by atoms with Crippen molar-refractivity contribution >= 4 is 47.2 Å². The highest BCUT2D eigenvalue weighted by molar-refractivity contribution is 6.39. The van der Waals surface area contributed by atoms with E-state index in [-0.39, 0.29) is 34.3 Å². The van der Waals surface area contributed by atoms with Gasteiger partial charge in [-0.1, -0.05) is 29.8 Å². The quantitative estimate of drug-likeness (QED) is 0.387. The Morgan fingerprint density at radius 2 is 1.80 bits per heavy atom. The van der Waals surface area contributed by atoms with Crippen LogP contribution in [0.3, 0.4) is 0 Å². The van der Waals surface area contributed by atoms with Crippen molar-refractivity contribution in [2.24, 2.45) is 0 Å². The monoisotopic (exact) mass is 494 g/mol. The number of nitrogens with zero attached hydrogens (tertiary/aromatic N) is 1. The molecule has 0 bridgehead atoms. The summed E-state index contributed by atoms with van der Waals surface area (Å²) >= 11 is 6.28. The van der Waals surface area contributed by atoms with Crippen molar-refractivity contribution < 1.29 is 33.4 Å². The van der Waals surface area contributed by atoms with Gasteiger partial charge in [0.2, 0.25) is 0 Å². The maximum Gasteiger partial charge on any atom is 0.335 e. The van der Waals surface area contributed by atoms with Gasteiger partial charge in [-0.15, -0.1) is 0 Å². The number of benzene rings is 3. The molecule has 0 radical (unpaired) electrons. The average Bonchev–Trinajstić information content (AvgIpc) is 2.81. The van der Waals surface area contributed by atoms with E-state index >= 15 is 0 Å². The lowest BCUT2D eigenvalue weighted by Crippen LogP contribution is -2.54. The third-order valence-electron chi connectivity index (χ3n) is 5.02. The number of hydrogen-bond acceptors (Lipinski definition) is 5. The van der Waals surface area contributed by atoms with Crippen molar-refractivity contribution in [3.63, 3.8) is 0 Å². The van der Waals surface area contributed by atoms with Crippen LogP contribution < -0.4 is 15.0 Å². The number of amides is 4. The number of carbonyl (C=O) groups is 4. The molecule has 0 aliphatic carbocycles. The number of anilines is 1. The minimum absolute atomic E-state index is 0.0280. The van der Waals surface area contributed by atoms with E-state index in [2.05, 4.69) is 5.32 Å². The second-order valence-corrected chi connectivity index (χ2v) is 7.83. The van der Waals surface area contributed by atoms with Gasteiger partial charge in [0, 0.05) is 0 Å². The number of aromatic carboxylic acids is 1. The van der Waals surface area contributed by atoms with Crippen LogP contribution >= 0.6 is 11.6 Å². The molecule has 1 aliphatic heterocycles. The van der Waals surface area contributed by atoms with Gasteiger partial charge >= 0.3 is 12.0 Å². The number of imide groups is 2. The number of barbiturate groups is 1. The number of carbonyl (C=O) groups excluding carboxylic acids is 3. The number of halogens is 2. The first-order chi connectivity index (χ1) is 16.7. The summed E-state index contributed by atoms with van der Waals surface area (Å²) in [6.07, 6.45) is 1.27. The first-order valence-corrected chi connectivity index (χ1v) is 10.5. The third-order valence-corrected chi connectivity index (χ3v) is 5.32. The standard InChI is InChI=1S/C25H16ClFN2O6/c26-20-12-14(4-9-21(20)35-13-15-2-1-3-17(27)10-15)11-19-22(30)28-25(34)29(23(19)31)18-7-5-16(6-8-18)24(32)33/h1-12H,13H2,(H,32,33)(H,28,30,34)/b19-11+. The molecule has 2 N–H and O–H groups in total. The Morgan fingerprint density at radius 3 is 2.46 bits per heavy atom. The van der Waals surface area contributed by atoms with Gasteiger partial charge in [-0.2, -0.15) is 0 Å². The summed E-state index contributed by atoms with van der Waals surface area (Å²) in [5.74, 6) is -3.01. The third kappa shape index (κ3) is 5.20. The Morgan fingerprint density at radius 1 is 1.06 bits per heavy atom. The lowest BCUT2D eigenvalue weighted by atomic mass is 10.1. The number of carboxylic acid groups (broad SMARTS) is 1. The van der Waals surface area contributed by atoms with Crippen LogP contribution in [0, 0.1) is 5.82 Å². The normalized spacial score (nSPS) is 14.7. The van der Waals surface area contributed by atoms with Crippen molar-refractivity contribution in [3.05, 3.63) is 99.8 Å². The molecule has 3 aromatic carbocycles. The van der Waals surface area contributed by atoms with Crippen molar-refractivity contribution in [1.82, 2.24) is 5.32 Å². The van der Waals surface area contributed by atoms with Crippen LogP contribution in [-0.2, 0) is 16.2 Å². The molecular formula is C25H16ClFN2O6. The molecule has 1 saturated heterocycles. The van der Waals surface area contributed by atoms with E-state index in [1.807, 2.05) is 0 Å². The van der Waals surface area contributed by atoms with Gasteiger partial charge in [0.05, 0.1) is 16.3 Å². The SMILES string of the molecule is O=C1NC(=O)N(c2ccc(C(=O)O)cc2)C(=O)/C1=C/c1ccc(OCc2cccc(F)c2)c(Cl)c1. The van der Waals surface area contributed by atoms with Gasteiger partial charge in [-0.3, -0.25) is 14.9 Å². The summed E-state index contributed by atoms with van der Waals surface area (Å²) in [5.41, 5.74) is 0.742. The van der Waals surface area contributed by atoms with Crippen LogP contribution in [0.2, 0.25) is 5.02 Å². The molecule has 35 heavy (non-hydrogen) atoms. The summed E-state index contributed by atoms with van der Waals surface area (Å²) in [7, 11) is 0. The maximum absolute atomic E-state index is 13.3. The van der Waals surface area contributed by atoms with Crippen LogP contribution in [-0.4, -0.2) is 28.9 Å². The Hall–Kier alpha value is -4.50. The summed E-state index contributed by atoms with van der Waals surface area (Å²) in [6.45, 7) is 0.0799. The van der Waals surface area contributed by atoms with Crippen molar-refractivity contribution in [2.75, 3.05) is 4.90 Å². The molecular weight excluding hydrogens is 479 g/mol. The van der Waals surface area contributed by atoms with Gasteiger partial charge in [0.25, 0.3) is 11.8 Å². The van der Waals surface area contributed by atoms with Gasteiger partial charge < -0.3 is 9.84 Å². The van der Waals surface area contributed by atoms with Gasteiger partial charge in [0.15, 0.2) is 0 Å². The first kappa shape index (κ1) is 23.7. The molecule has 176 valence electrons. The zero-order valence-corrected chi connectivity index (χ0v) is 18.6. The van der Waals surface area contributed by atoms with Crippen molar-refractivity contribution in [2.45, 2.75) is 6.61 Å². The lowest BCUT2D eigenvalue weighted by molar-refractivity contribution is -0.122. The van der Waals surface area contributed by atoms with Crippen molar-refractivity contribution in [3.8, 4) is 5.75 Å². The van der Waals surface area contributed by atoms with E-state index in [9.17, 15) is 23.6 Å². The highest BCUT2D eigenvalue weighted by Crippen LogP contribution is 2.28. The van der Waals surface area contributed by atoms with Gasteiger partial charge in [-0.25, -0.2) is 18.9 Å². The minimum Gasteiger partial charge on any atom is -0.487 e.